The molecule has 0 bridgehead atoms. The maximum absolute atomic E-state index is 8.81. The van der Waals surface area contributed by atoms with E-state index in [-0.39, 0.29) is 6.61 Å². The largest absolute Gasteiger partial charge is 0.396 e. The Bertz CT molecular complexity index is 424. The molecule has 13 heavy (non-hydrogen) atoms. The number of hydrogen-bond acceptors (Lipinski definition) is 2. The van der Waals surface area contributed by atoms with E-state index < -0.39 is 0 Å². The number of halogens is 1. The van der Waals surface area contributed by atoms with Crippen LogP contribution in [0.3, 0.4) is 0 Å². The number of rotatable bonds is 2. The molecular weight excluding hydrogens is 188 g/mol. The molecule has 0 aliphatic heterocycles. The molecule has 2 rings (SSSR count). The second-order valence-electron chi connectivity index (χ2n) is 2.81. The molecule has 0 unspecified atom stereocenters. The van der Waals surface area contributed by atoms with Crippen LogP contribution in [0.2, 0.25) is 5.28 Å². The summed E-state index contributed by atoms with van der Waals surface area (Å²) in [7, 11) is 0. The fraction of sp³-hybridized carbons (Fsp3) is 0.222. The molecule has 0 atom stereocenters. The standard InChI is InChI=1S/C9H9ClN2O/c10-9-11-7-3-1-2-6(4-5-13)8(7)12-9/h1-3,13H,4-5H2,(H,11,12). The van der Waals surface area contributed by atoms with Gasteiger partial charge >= 0.3 is 0 Å². The Balaban J connectivity index is 2.60. The summed E-state index contributed by atoms with van der Waals surface area (Å²) >= 11 is 5.73. The van der Waals surface area contributed by atoms with E-state index in [2.05, 4.69) is 9.97 Å². The molecular formula is C9H9ClN2O. The summed E-state index contributed by atoms with van der Waals surface area (Å²) in [4.78, 5) is 7.06. The van der Waals surface area contributed by atoms with Crippen LogP contribution in [0, 0.1) is 0 Å². The summed E-state index contributed by atoms with van der Waals surface area (Å²) < 4.78 is 0. The molecule has 0 saturated heterocycles. The number of nitrogens with one attached hydrogen (secondary N) is 1. The van der Waals surface area contributed by atoms with Crippen LogP contribution in [0.25, 0.3) is 11.0 Å². The van der Waals surface area contributed by atoms with E-state index in [0.717, 1.165) is 16.6 Å². The van der Waals surface area contributed by atoms with Crippen LogP contribution in [-0.4, -0.2) is 21.7 Å². The highest BCUT2D eigenvalue weighted by molar-refractivity contribution is 6.29. The zero-order chi connectivity index (χ0) is 9.26. The Hall–Kier alpha value is -1.06. The number of benzene rings is 1. The Morgan fingerprint density at radius 2 is 2.31 bits per heavy atom. The van der Waals surface area contributed by atoms with Gasteiger partial charge in [0.1, 0.15) is 0 Å². The van der Waals surface area contributed by atoms with Crippen LogP contribution in [0.1, 0.15) is 5.56 Å². The van der Waals surface area contributed by atoms with Gasteiger partial charge < -0.3 is 10.1 Å². The van der Waals surface area contributed by atoms with Gasteiger partial charge in [0.05, 0.1) is 11.0 Å². The first-order valence-corrected chi connectivity index (χ1v) is 4.43. The quantitative estimate of drug-likeness (QED) is 0.769. The van der Waals surface area contributed by atoms with Gasteiger partial charge in [-0.25, -0.2) is 4.98 Å². The first kappa shape index (κ1) is 8.53. The van der Waals surface area contributed by atoms with Gasteiger partial charge in [0, 0.05) is 6.61 Å². The van der Waals surface area contributed by atoms with Crippen molar-refractivity contribution in [2.45, 2.75) is 6.42 Å². The number of hydrogen-bond donors (Lipinski definition) is 2. The molecule has 0 saturated carbocycles. The zero-order valence-corrected chi connectivity index (χ0v) is 7.67. The first-order valence-electron chi connectivity index (χ1n) is 4.05. The molecule has 1 aromatic heterocycles. The van der Waals surface area contributed by atoms with Crippen LogP contribution in [0.5, 0.6) is 0 Å². The van der Waals surface area contributed by atoms with Gasteiger partial charge in [0.25, 0.3) is 0 Å². The fourth-order valence-electron chi connectivity index (χ4n) is 1.38. The van der Waals surface area contributed by atoms with E-state index in [1.807, 2.05) is 18.2 Å². The Morgan fingerprint density at radius 3 is 3.08 bits per heavy atom. The molecule has 0 radical (unpaired) electrons. The predicted molar refractivity (Wildman–Crippen MR) is 51.9 cm³/mol. The van der Waals surface area contributed by atoms with Gasteiger partial charge in [-0.3, -0.25) is 0 Å². The summed E-state index contributed by atoms with van der Waals surface area (Å²) in [6, 6.07) is 5.77. The molecule has 0 fully saturated rings. The predicted octanol–water partition coefficient (Wildman–Crippen LogP) is 1.75. The second-order valence-corrected chi connectivity index (χ2v) is 3.17. The Morgan fingerprint density at radius 1 is 1.46 bits per heavy atom. The van der Waals surface area contributed by atoms with Gasteiger partial charge in [-0.1, -0.05) is 12.1 Å². The average molecular weight is 197 g/mol. The minimum Gasteiger partial charge on any atom is -0.396 e. The summed E-state index contributed by atoms with van der Waals surface area (Å²) in [6.07, 6.45) is 0.610. The lowest BCUT2D eigenvalue weighted by Crippen LogP contribution is -1.91. The van der Waals surface area contributed by atoms with Crippen molar-refractivity contribution in [3.63, 3.8) is 0 Å². The SMILES string of the molecule is OCCc1cccc2[nH]c(Cl)nc12. The summed E-state index contributed by atoms with van der Waals surface area (Å²) in [5, 5.41) is 9.20. The summed E-state index contributed by atoms with van der Waals surface area (Å²) in [6.45, 7) is 0.129. The number of nitrogens with zero attached hydrogens (tertiary/aromatic N) is 1. The maximum Gasteiger partial charge on any atom is 0.201 e. The van der Waals surface area contributed by atoms with Crippen molar-refractivity contribution >= 4 is 22.6 Å². The number of imidazole rings is 1. The third kappa shape index (κ3) is 1.53. The summed E-state index contributed by atoms with van der Waals surface area (Å²) in [5.41, 5.74) is 2.78. The van der Waals surface area contributed by atoms with E-state index in [9.17, 15) is 0 Å². The van der Waals surface area contributed by atoms with Crippen LogP contribution >= 0.6 is 11.6 Å². The molecule has 0 aliphatic carbocycles. The Labute approximate surface area is 80.4 Å². The average Bonchev–Trinajstić information content (AvgIpc) is 2.47. The highest BCUT2D eigenvalue weighted by atomic mass is 35.5. The van der Waals surface area contributed by atoms with Gasteiger partial charge in [-0.05, 0) is 29.7 Å². The lowest BCUT2D eigenvalue weighted by molar-refractivity contribution is 0.300. The van der Waals surface area contributed by atoms with Crippen LogP contribution in [0.15, 0.2) is 18.2 Å². The van der Waals surface area contributed by atoms with Crippen LogP contribution < -0.4 is 0 Å². The van der Waals surface area contributed by atoms with Gasteiger partial charge in [-0.15, -0.1) is 0 Å². The van der Waals surface area contributed by atoms with E-state index in [1.54, 1.807) is 0 Å². The minimum absolute atomic E-state index is 0.129. The highest BCUT2D eigenvalue weighted by Gasteiger charge is 2.04. The number of aromatic amines is 1. The van der Waals surface area contributed by atoms with Gasteiger partial charge in [-0.2, -0.15) is 0 Å². The summed E-state index contributed by atoms with van der Waals surface area (Å²) in [5.74, 6) is 0. The zero-order valence-electron chi connectivity index (χ0n) is 6.92. The van der Waals surface area contributed by atoms with Crippen molar-refractivity contribution in [2.24, 2.45) is 0 Å². The van der Waals surface area contributed by atoms with E-state index in [1.165, 1.54) is 0 Å². The molecule has 1 heterocycles. The number of para-hydroxylation sites is 1. The molecule has 2 N–H and O–H groups in total. The monoisotopic (exact) mass is 196 g/mol. The minimum atomic E-state index is 0.129. The van der Waals surface area contributed by atoms with Crippen molar-refractivity contribution in [1.29, 1.82) is 0 Å². The van der Waals surface area contributed by atoms with Crippen LogP contribution in [-0.2, 0) is 6.42 Å². The lowest BCUT2D eigenvalue weighted by Gasteiger charge is -1.97. The topological polar surface area (TPSA) is 48.9 Å². The third-order valence-corrected chi connectivity index (χ3v) is 2.13. The molecule has 68 valence electrons. The van der Waals surface area contributed by atoms with Crippen molar-refractivity contribution in [2.75, 3.05) is 6.61 Å². The van der Waals surface area contributed by atoms with E-state index in [4.69, 9.17) is 16.7 Å². The second kappa shape index (κ2) is 3.36. The molecule has 0 spiro atoms. The van der Waals surface area contributed by atoms with E-state index >= 15 is 0 Å². The van der Waals surface area contributed by atoms with Crippen molar-refractivity contribution < 1.29 is 5.11 Å². The van der Waals surface area contributed by atoms with E-state index in [0.29, 0.717) is 11.7 Å². The van der Waals surface area contributed by atoms with Crippen molar-refractivity contribution in [3.8, 4) is 0 Å². The fourth-order valence-corrected chi connectivity index (χ4v) is 1.57. The number of fused-ring (bicyclic) bond motifs is 1. The molecule has 2 aromatic rings. The maximum atomic E-state index is 8.81. The lowest BCUT2D eigenvalue weighted by atomic mass is 10.1. The molecule has 1 aromatic carbocycles. The third-order valence-electron chi connectivity index (χ3n) is 1.95. The van der Waals surface area contributed by atoms with Crippen molar-refractivity contribution in [1.82, 2.24) is 9.97 Å². The van der Waals surface area contributed by atoms with Crippen molar-refractivity contribution in [3.05, 3.63) is 29.0 Å². The Kier molecular flexibility index (Phi) is 2.20. The number of aromatic nitrogens is 2. The van der Waals surface area contributed by atoms with Gasteiger partial charge in [0.15, 0.2) is 0 Å². The van der Waals surface area contributed by atoms with Gasteiger partial charge in [0.2, 0.25) is 5.28 Å². The number of aliphatic hydroxyl groups is 1. The molecule has 0 aliphatic rings. The molecule has 4 heteroatoms. The molecule has 0 amide bonds. The highest BCUT2D eigenvalue weighted by Crippen LogP contribution is 2.18. The first-order chi connectivity index (χ1) is 6.31. The number of H-pyrrole nitrogens is 1. The normalized spacial score (nSPS) is 10.9. The number of aliphatic hydroxyl groups excluding tert-OH is 1. The molecule has 3 nitrogen and oxygen atoms in total. The smallest absolute Gasteiger partial charge is 0.201 e. The van der Waals surface area contributed by atoms with Crippen LogP contribution in [0.4, 0.5) is 0 Å².